The third kappa shape index (κ3) is 6.34. The SMILES string of the molecule is COCC1C(CCC2CCN(Cc3ccccc3)CC2)c2cc(OC)c(OC)cc2C1c1ccc(OC)c(OC)c1. The summed E-state index contributed by atoms with van der Waals surface area (Å²) in [7, 11) is 8.61. The highest BCUT2D eigenvalue weighted by Crippen LogP contribution is 2.55. The number of likely N-dealkylation sites (tertiary alicyclic amines) is 1. The van der Waals surface area contributed by atoms with Crippen LogP contribution in [0, 0.1) is 11.8 Å². The van der Waals surface area contributed by atoms with Crippen LogP contribution in [0.25, 0.3) is 0 Å². The lowest BCUT2D eigenvalue weighted by Crippen LogP contribution is -2.33. The molecule has 1 heterocycles. The van der Waals surface area contributed by atoms with Gasteiger partial charge in [-0.1, -0.05) is 36.4 Å². The summed E-state index contributed by atoms with van der Waals surface area (Å²) in [4.78, 5) is 2.61. The van der Waals surface area contributed by atoms with Crippen LogP contribution in [0.1, 0.15) is 59.8 Å². The van der Waals surface area contributed by atoms with E-state index in [0.29, 0.717) is 18.4 Å². The minimum absolute atomic E-state index is 0.155. The van der Waals surface area contributed by atoms with Crippen molar-refractivity contribution in [1.82, 2.24) is 4.90 Å². The maximum atomic E-state index is 5.89. The number of nitrogens with zero attached hydrogens (tertiary/aromatic N) is 1. The molecule has 0 spiro atoms. The van der Waals surface area contributed by atoms with Gasteiger partial charge in [0.2, 0.25) is 0 Å². The Labute approximate surface area is 245 Å². The van der Waals surface area contributed by atoms with Crippen LogP contribution in [0.15, 0.2) is 60.7 Å². The number of fused-ring (bicyclic) bond motifs is 1. The lowest BCUT2D eigenvalue weighted by atomic mass is 9.79. The number of piperidine rings is 1. The van der Waals surface area contributed by atoms with Crippen molar-refractivity contribution in [2.75, 3.05) is 55.2 Å². The van der Waals surface area contributed by atoms with Gasteiger partial charge in [-0.15, -0.1) is 0 Å². The zero-order chi connectivity index (χ0) is 28.8. The van der Waals surface area contributed by atoms with E-state index in [1.807, 2.05) is 13.2 Å². The summed E-state index contributed by atoms with van der Waals surface area (Å²) in [5, 5.41) is 0. The normalized spacial score (nSPS) is 21.0. The first kappa shape index (κ1) is 29.3. The van der Waals surface area contributed by atoms with Crippen LogP contribution < -0.4 is 18.9 Å². The maximum absolute atomic E-state index is 5.89. The van der Waals surface area contributed by atoms with Gasteiger partial charge in [0.05, 0.1) is 35.0 Å². The van der Waals surface area contributed by atoms with Crippen molar-refractivity contribution < 1.29 is 23.7 Å². The molecule has 1 aliphatic carbocycles. The molecule has 1 fully saturated rings. The molecule has 3 aromatic rings. The van der Waals surface area contributed by atoms with E-state index in [2.05, 4.69) is 59.5 Å². The molecule has 6 nitrogen and oxygen atoms in total. The van der Waals surface area contributed by atoms with Gasteiger partial charge in [0.15, 0.2) is 23.0 Å². The van der Waals surface area contributed by atoms with Crippen molar-refractivity contribution in [3.63, 3.8) is 0 Å². The molecule has 0 radical (unpaired) electrons. The van der Waals surface area contributed by atoms with Crippen LogP contribution in [0.5, 0.6) is 23.0 Å². The summed E-state index contributed by atoms with van der Waals surface area (Å²) in [6, 6.07) is 21.5. The van der Waals surface area contributed by atoms with Crippen LogP contribution in [0.2, 0.25) is 0 Å². The number of hydrogen-bond acceptors (Lipinski definition) is 6. The average molecular weight is 560 g/mol. The predicted molar refractivity (Wildman–Crippen MR) is 163 cm³/mol. The van der Waals surface area contributed by atoms with E-state index in [1.165, 1.54) is 54.6 Å². The second-order valence-corrected chi connectivity index (χ2v) is 11.4. The zero-order valence-corrected chi connectivity index (χ0v) is 25.2. The fraction of sp³-hybridized carbons (Fsp3) is 0.486. The van der Waals surface area contributed by atoms with Crippen molar-refractivity contribution >= 4 is 0 Å². The van der Waals surface area contributed by atoms with E-state index in [4.69, 9.17) is 23.7 Å². The monoisotopic (exact) mass is 559 g/mol. The summed E-state index contributed by atoms with van der Waals surface area (Å²) in [5.41, 5.74) is 5.25. The maximum Gasteiger partial charge on any atom is 0.161 e. The van der Waals surface area contributed by atoms with Gasteiger partial charge in [-0.05, 0) is 97.1 Å². The first-order chi connectivity index (χ1) is 20.1. The molecule has 3 unspecified atom stereocenters. The Kier molecular flexibility index (Phi) is 9.73. The molecule has 0 aromatic heterocycles. The summed E-state index contributed by atoms with van der Waals surface area (Å²) in [6.07, 6.45) is 4.86. The van der Waals surface area contributed by atoms with E-state index in [-0.39, 0.29) is 5.92 Å². The van der Waals surface area contributed by atoms with E-state index in [0.717, 1.165) is 41.9 Å². The largest absolute Gasteiger partial charge is 0.493 e. The Bertz CT molecular complexity index is 1270. The van der Waals surface area contributed by atoms with Gasteiger partial charge in [-0.2, -0.15) is 0 Å². The molecule has 1 aliphatic heterocycles. The lowest BCUT2D eigenvalue weighted by Gasteiger charge is -2.33. The first-order valence-corrected chi connectivity index (χ1v) is 14.8. The van der Waals surface area contributed by atoms with E-state index < -0.39 is 0 Å². The Hall–Kier alpha value is -3.22. The Balaban J connectivity index is 1.38. The fourth-order valence-corrected chi connectivity index (χ4v) is 7.13. The number of rotatable bonds is 12. The summed E-state index contributed by atoms with van der Waals surface area (Å²) in [5.74, 6) is 4.59. The second kappa shape index (κ2) is 13.6. The lowest BCUT2D eigenvalue weighted by molar-refractivity contribution is 0.128. The van der Waals surface area contributed by atoms with Crippen molar-refractivity contribution in [2.45, 2.75) is 44.1 Å². The van der Waals surface area contributed by atoms with Crippen LogP contribution in [-0.2, 0) is 11.3 Å². The predicted octanol–water partition coefficient (Wildman–Crippen LogP) is 6.91. The number of ether oxygens (including phenoxy) is 5. The molecule has 2 aliphatic rings. The topological polar surface area (TPSA) is 49.4 Å². The van der Waals surface area contributed by atoms with Gasteiger partial charge in [-0.25, -0.2) is 0 Å². The Morgan fingerprint density at radius 3 is 1.95 bits per heavy atom. The molecule has 0 N–H and O–H groups in total. The third-order valence-corrected chi connectivity index (χ3v) is 9.24. The number of methoxy groups -OCH3 is 5. The molecule has 41 heavy (non-hydrogen) atoms. The standard InChI is InChI=1S/C35H45NO5/c1-37-23-30-27(13-11-24-15-17-36(18-16-24)22-25-9-7-6-8-10-25)28-20-33(40-4)34(41-5)21-29(28)35(30)26-12-14-31(38-2)32(19-26)39-3/h6-10,12,14,19-21,24,27,30,35H,11,13,15-18,22-23H2,1-5H3. The molecule has 6 heteroatoms. The molecule has 3 atom stereocenters. The van der Waals surface area contributed by atoms with E-state index in [9.17, 15) is 0 Å². The molecule has 3 aromatic carbocycles. The van der Waals surface area contributed by atoms with Crippen molar-refractivity contribution in [3.8, 4) is 23.0 Å². The highest BCUT2D eigenvalue weighted by molar-refractivity contribution is 5.57. The van der Waals surface area contributed by atoms with Gasteiger partial charge < -0.3 is 23.7 Å². The summed E-state index contributed by atoms with van der Waals surface area (Å²) < 4.78 is 28.7. The van der Waals surface area contributed by atoms with Gasteiger partial charge in [0.1, 0.15) is 0 Å². The van der Waals surface area contributed by atoms with E-state index >= 15 is 0 Å². The smallest absolute Gasteiger partial charge is 0.161 e. The van der Waals surface area contributed by atoms with Crippen LogP contribution in [0.3, 0.4) is 0 Å². The van der Waals surface area contributed by atoms with Crippen LogP contribution >= 0.6 is 0 Å². The Morgan fingerprint density at radius 1 is 0.683 bits per heavy atom. The Morgan fingerprint density at radius 2 is 1.32 bits per heavy atom. The van der Waals surface area contributed by atoms with Crippen molar-refractivity contribution in [2.24, 2.45) is 11.8 Å². The van der Waals surface area contributed by atoms with Crippen molar-refractivity contribution in [1.29, 1.82) is 0 Å². The molecule has 1 saturated heterocycles. The molecular weight excluding hydrogens is 514 g/mol. The second-order valence-electron chi connectivity index (χ2n) is 11.4. The van der Waals surface area contributed by atoms with Crippen LogP contribution in [-0.4, -0.2) is 60.1 Å². The summed E-state index contributed by atoms with van der Waals surface area (Å²) >= 11 is 0. The van der Waals surface area contributed by atoms with Gasteiger partial charge in [0, 0.05) is 25.5 Å². The molecule has 220 valence electrons. The molecule has 0 saturated carbocycles. The summed E-state index contributed by atoms with van der Waals surface area (Å²) in [6.45, 7) is 4.07. The van der Waals surface area contributed by atoms with Gasteiger partial charge >= 0.3 is 0 Å². The number of benzene rings is 3. The third-order valence-electron chi connectivity index (χ3n) is 9.24. The molecule has 5 rings (SSSR count). The zero-order valence-electron chi connectivity index (χ0n) is 25.2. The average Bonchev–Trinajstić information content (AvgIpc) is 3.31. The van der Waals surface area contributed by atoms with E-state index in [1.54, 1.807) is 28.4 Å². The highest BCUT2D eigenvalue weighted by Gasteiger charge is 2.42. The minimum atomic E-state index is 0.155. The van der Waals surface area contributed by atoms with Gasteiger partial charge in [-0.3, -0.25) is 4.90 Å². The number of hydrogen-bond donors (Lipinski definition) is 0. The minimum Gasteiger partial charge on any atom is -0.493 e. The fourth-order valence-electron chi connectivity index (χ4n) is 7.13. The van der Waals surface area contributed by atoms with Crippen molar-refractivity contribution in [3.05, 3.63) is 82.9 Å². The highest BCUT2D eigenvalue weighted by atomic mass is 16.5. The first-order valence-electron chi connectivity index (χ1n) is 14.8. The van der Waals surface area contributed by atoms with Crippen LogP contribution in [0.4, 0.5) is 0 Å². The van der Waals surface area contributed by atoms with Gasteiger partial charge in [0.25, 0.3) is 0 Å². The molecule has 0 amide bonds. The molecule has 0 bridgehead atoms. The quantitative estimate of drug-likeness (QED) is 0.241. The molecular formula is C35H45NO5.